The van der Waals surface area contributed by atoms with Crippen LogP contribution in [0.2, 0.25) is 0 Å². The first-order valence-electron chi connectivity index (χ1n) is 20.9. The molecule has 4 aromatic rings. The summed E-state index contributed by atoms with van der Waals surface area (Å²) in [5, 5.41) is 0. The number of carbonyl (C=O) groups excluding carboxylic acids is 4. The van der Waals surface area contributed by atoms with Gasteiger partial charge in [-0.05, 0) is 135 Å². The third-order valence-corrected chi connectivity index (χ3v) is 11.1. The fourth-order valence-corrected chi connectivity index (χ4v) is 7.12. The first-order valence-corrected chi connectivity index (χ1v) is 20.9. The van der Waals surface area contributed by atoms with Gasteiger partial charge in [-0.2, -0.15) is 0 Å². The maximum atomic E-state index is 12.4. The lowest BCUT2D eigenvalue weighted by Crippen LogP contribution is -2.24. The van der Waals surface area contributed by atoms with Crippen molar-refractivity contribution in [3.63, 3.8) is 0 Å². The third kappa shape index (κ3) is 14.9. The van der Waals surface area contributed by atoms with Gasteiger partial charge >= 0.3 is 23.9 Å². The maximum Gasteiger partial charge on any atom is 0.338 e. The van der Waals surface area contributed by atoms with E-state index in [0.29, 0.717) is 50.9 Å². The van der Waals surface area contributed by atoms with E-state index in [1.807, 2.05) is 0 Å². The largest absolute Gasteiger partial charge is 0.459 e. The van der Waals surface area contributed by atoms with E-state index in [-0.39, 0.29) is 37.4 Å². The van der Waals surface area contributed by atoms with Crippen LogP contribution in [0.1, 0.15) is 115 Å². The number of esters is 4. The van der Waals surface area contributed by atoms with E-state index in [9.17, 15) is 19.2 Å². The fraction of sp³-hybridized carbons (Fsp3) is 0.347. The van der Waals surface area contributed by atoms with Gasteiger partial charge in [0, 0.05) is 46.0 Å². The number of ether oxygens (including phenoxy) is 4. The smallest absolute Gasteiger partial charge is 0.338 e. The van der Waals surface area contributed by atoms with Gasteiger partial charge in [0.15, 0.2) is 0 Å². The molecule has 322 valence electrons. The molecule has 0 atom stereocenters. The molecule has 2 aliphatic carbocycles. The van der Waals surface area contributed by atoms with Gasteiger partial charge in [0.1, 0.15) is 25.4 Å². The monoisotopic (exact) mass is 830 g/mol. The van der Waals surface area contributed by atoms with Gasteiger partial charge in [-0.1, -0.05) is 56.7 Å². The summed E-state index contributed by atoms with van der Waals surface area (Å²) in [6.07, 6.45) is 15.3. The molecule has 0 bridgehead atoms. The molecule has 0 radical (unpaired) electrons. The lowest BCUT2D eigenvalue weighted by Gasteiger charge is -2.27. The first kappa shape index (κ1) is 45.5. The lowest BCUT2D eigenvalue weighted by atomic mass is 9.86. The summed E-state index contributed by atoms with van der Waals surface area (Å²) in [6.45, 7) is 4.58. The minimum absolute atomic E-state index is 0.0122. The van der Waals surface area contributed by atoms with E-state index in [2.05, 4.69) is 13.8 Å². The number of rotatable bonds is 13. The number of carbonyl (C=O) groups is 4. The highest BCUT2D eigenvalue weighted by atomic mass is 16.6. The number of hydrogen-bond donors (Lipinski definition) is 4. The van der Waals surface area contributed by atoms with Gasteiger partial charge in [0.05, 0.1) is 11.1 Å². The average molecular weight is 831 g/mol. The van der Waals surface area contributed by atoms with Gasteiger partial charge in [0.2, 0.25) is 0 Å². The molecule has 4 aromatic carbocycles. The van der Waals surface area contributed by atoms with E-state index in [1.54, 1.807) is 97.1 Å². The normalized spacial score (nSPS) is 18.7. The van der Waals surface area contributed by atoms with Crippen molar-refractivity contribution in [3.05, 3.63) is 130 Å². The molecule has 12 nitrogen and oxygen atoms in total. The van der Waals surface area contributed by atoms with Crippen molar-refractivity contribution in [3.8, 4) is 0 Å². The Bertz CT molecular complexity index is 2150. The second-order valence-electron chi connectivity index (χ2n) is 15.8. The van der Waals surface area contributed by atoms with Crippen LogP contribution in [-0.4, -0.2) is 36.1 Å². The van der Waals surface area contributed by atoms with Crippen molar-refractivity contribution in [2.75, 3.05) is 22.9 Å². The van der Waals surface area contributed by atoms with Crippen LogP contribution in [0.5, 0.6) is 0 Å². The number of anilines is 4. The predicted octanol–water partition coefficient (Wildman–Crippen LogP) is 9.08. The zero-order chi connectivity index (χ0) is 43.7. The minimum atomic E-state index is -0.485. The summed E-state index contributed by atoms with van der Waals surface area (Å²) in [5.74, 6) is -0.0942. The molecule has 61 heavy (non-hydrogen) atoms. The highest BCUT2D eigenvalue weighted by Crippen LogP contribution is 2.29. The Kier molecular flexibility index (Phi) is 16.9. The van der Waals surface area contributed by atoms with Crippen molar-refractivity contribution in [1.29, 1.82) is 0 Å². The Morgan fingerprint density at radius 1 is 0.557 bits per heavy atom. The number of nitrogens with two attached hydrogens (primary N) is 4. The topological polar surface area (TPSA) is 209 Å². The molecule has 6 rings (SSSR count). The van der Waals surface area contributed by atoms with Crippen LogP contribution in [0, 0.1) is 11.8 Å². The van der Waals surface area contributed by atoms with E-state index >= 15 is 0 Å². The molecule has 8 N–H and O–H groups in total. The van der Waals surface area contributed by atoms with Crippen molar-refractivity contribution < 1.29 is 38.1 Å². The molecule has 0 spiro atoms. The van der Waals surface area contributed by atoms with Crippen molar-refractivity contribution in [1.82, 2.24) is 0 Å². The van der Waals surface area contributed by atoms with Gasteiger partial charge in [-0.25, -0.2) is 19.2 Å². The molecule has 2 fully saturated rings. The number of hydrogen-bond acceptors (Lipinski definition) is 12. The van der Waals surface area contributed by atoms with Crippen LogP contribution in [0.3, 0.4) is 0 Å². The highest BCUT2D eigenvalue weighted by molar-refractivity contribution is 5.91. The zero-order valence-corrected chi connectivity index (χ0v) is 35.1. The predicted molar refractivity (Wildman–Crippen MR) is 239 cm³/mol. The van der Waals surface area contributed by atoms with Crippen LogP contribution in [-0.2, 0) is 41.8 Å². The van der Waals surface area contributed by atoms with Gasteiger partial charge in [0.25, 0.3) is 0 Å². The molecule has 0 saturated heterocycles. The molecule has 0 amide bonds. The molecule has 0 unspecified atom stereocenters. The molecular weight excluding hydrogens is 773 g/mol. The van der Waals surface area contributed by atoms with E-state index in [0.717, 1.165) is 68.4 Å². The third-order valence-electron chi connectivity index (χ3n) is 11.1. The Labute approximate surface area is 358 Å². The Morgan fingerprint density at radius 2 is 0.951 bits per heavy atom. The van der Waals surface area contributed by atoms with Crippen LogP contribution < -0.4 is 22.9 Å². The molecule has 12 heteroatoms. The Hall–Kier alpha value is -6.56. The van der Waals surface area contributed by atoms with Crippen LogP contribution in [0.25, 0.3) is 12.2 Å². The van der Waals surface area contributed by atoms with Crippen LogP contribution in [0.4, 0.5) is 22.7 Å². The zero-order valence-electron chi connectivity index (χ0n) is 35.1. The summed E-state index contributed by atoms with van der Waals surface area (Å²) in [7, 11) is 0. The SMILES string of the molecule is CC1CCC(OC(=O)c2ccc(/C=C/C(=O)OCc3ccc(N)cc3N)cc2)CC1.CCC1CCC(OC(=O)c2ccc(/C=C/C(=O)OCc3ccc(N)cc3N)cc2)CC1. The molecule has 0 aliphatic heterocycles. The molecule has 2 aliphatic rings. The fourth-order valence-electron chi connectivity index (χ4n) is 7.12. The van der Waals surface area contributed by atoms with Crippen LogP contribution in [0.15, 0.2) is 97.1 Å². The summed E-state index contributed by atoms with van der Waals surface area (Å²) >= 11 is 0. The molecular formula is C49H58N4O8. The quantitative estimate of drug-likeness (QED) is 0.0430. The van der Waals surface area contributed by atoms with Crippen LogP contribution >= 0.6 is 0 Å². The van der Waals surface area contributed by atoms with Crippen molar-refractivity contribution >= 4 is 58.8 Å². The molecule has 0 aromatic heterocycles. The second-order valence-corrected chi connectivity index (χ2v) is 15.8. The average Bonchev–Trinajstić information content (AvgIpc) is 3.26. The molecule has 2 saturated carbocycles. The van der Waals surface area contributed by atoms with Crippen molar-refractivity contribution in [2.45, 2.75) is 97.1 Å². The highest BCUT2D eigenvalue weighted by Gasteiger charge is 2.24. The summed E-state index contributed by atoms with van der Waals surface area (Å²) < 4.78 is 21.7. The van der Waals surface area contributed by atoms with Gasteiger partial charge in [-0.3, -0.25) is 0 Å². The minimum Gasteiger partial charge on any atom is -0.459 e. The van der Waals surface area contributed by atoms with Gasteiger partial charge < -0.3 is 41.9 Å². The second kappa shape index (κ2) is 22.7. The summed E-state index contributed by atoms with van der Waals surface area (Å²) in [6, 6.07) is 24.0. The Balaban J connectivity index is 0.000000231. The molecule has 0 heterocycles. The summed E-state index contributed by atoms with van der Waals surface area (Å²) in [5.41, 5.74) is 29.1. The van der Waals surface area contributed by atoms with E-state index < -0.39 is 11.9 Å². The summed E-state index contributed by atoms with van der Waals surface area (Å²) in [4.78, 5) is 48.6. The number of nitrogen functional groups attached to an aromatic ring is 4. The number of benzene rings is 4. The Morgan fingerprint density at radius 3 is 1.33 bits per heavy atom. The first-order chi connectivity index (χ1) is 29.3. The maximum absolute atomic E-state index is 12.4. The van der Waals surface area contributed by atoms with Crippen molar-refractivity contribution in [2.24, 2.45) is 11.8 Å². The lowest BCUT2D eigenvalue weighted by molar-refractivity contribution is -0.139. The van der Waals surface area contributed by atoms with E-state index in [1.165, 1.54) is 18.6 Å². The van der Waals surface area contributed by atoms with Gasteiger partial charge in [-0.15, -0.1) is 0 Å². The van der Waals surface area contributed by atoms with E-state index in [4.69, 9.17) is 41.9 Å². The standard InChI is InChI=1S/C25H30N2O4.C24H28N2O4/c1-2-17-5-12-22(13-6-17)31-25(29)19-8-3-18(4-9-19)7-14-24(28)30-16-20-10-11-21(26)15-23(20)27;1-16-2-11-21(12-3-16)30-24(28)18-7-4-17(5-8-18)6-13-23(27)29-15-19-9-10-20(25)14-22(19)26/h3-4,7-11,14-15,17,22H,2,5-6,12-13,16,26-27H2,1H3;4-10,13-14,16,21H,2-3,11-12,15,25-26H2,1H3/b14-7+;13-6+.